The number of likely N-dealkylation sites (N-methyl/N-ethyl adjacent to an activating group) is 2. The minimum absolute atomic E-state index is 0.298. The third kappa shape index (κ3) is 12.8. The van der Waals surface area contributed by atoms with E-state index in [1.54, 1.807) is 71.1 Å². The number of carbonyl (C=O) groups excluding carboxylic acids is 4. The molecule has 0 bridgehead atoms. The number of ketones is 2. The molecule has 6 unspecified atom stereocenters. The van der Waals surface area contributed by atoms with E-state index in [-0.39, 0.29) is 0 Å². The van der Waals surface area contributed by atoms with Crippen LogP contribution in [0.5, 0.6) is 57.5 Å². The number of carboxylic acids is 2. The molecule has 0 radical (unpaired) electrons. The number of rotatable bonds is 21. The molecule has 82 heavy (non-hydrogen) atoms. The maximum absolute atomic E-state index is 12.5. The summed E-state index contributed by atoms with van der Waals surface area (Å²) in [5.74, 6) is -1.76. The van der Waals surface area contributed by atoms with Gasteiger partial charge in [-0.1, -0.05) is 60.7 Å². The number of quaternary nitrogens is 2. The first-order valence-corrected chi connectivity index (χ1v) is 26.1. The fourth-order valence-corrected chi connectivity index (χ4v) is 10.5. The largest absolute Gasteiger partial charge is 0.546 e. The molecule has 0 aliphatic carbocycles. The molecule has 6 atom stereocenters. The van der Waals surface area contributed by atoms with Crippen LogP contribution in [0.2, 0.25) is 0 Å². The summed E-state index contributed by atoms with van der Waals surface area (Å²) in [6.45, 7) is 2.13. The molecular formula is C62H72N2O18. The topological polar surface area (TPSA) is 256 Å². The molecule has 0 spiro atoms. The zero-order chi connectivity index (χ0) is 60.1. The van der Waals surface area contributed by atoms with Gasteiger partial charge in [0.1, 0.15) is 12.1 Å². The van der Waals surface area contributed by atoms with Crippen LogP contribution in [0.1, 0.15) is 66.2 Å². The summed E-state index contributed by atoms with van der Waals surface area (Å²) in [5, 5.41) is 43.9. The van der Waals surface area contributed by atoms with E-state index in [2.05, 4.69) is 38.4 Å². The highest BCUT2D eigenvalue weighted by molar-refractivity contribution is 6.27. The molecule has 0 aromatic heterocycles. The van der Waals surface area contributed by atoms with Gasteiger partial charge >= 0.3 is 0 Å². The predicted octanol–water partition coefficient (Wildman–Crippen LogP) is 1.88. The van der Waals surface area contributed by atoms with Crippen LogP contribution in [-0.4, -0.2) is 143 Å². The summed E-state index contributed by atoms with van der Waals surface area (Å²) >= 11 is 0. The van der Waals surface area contributed by atoms with E-state index in [9.17, 15) is 39.6 Å². The Morgan fingerprint density at radius 2 is 0.720 bits per heavy atom. The van der Waals surface area contributed by atoms with E-state index >= 15 is 0 Å². The lowest BCUT2D eigenvalue weighted by atomic mass is 9.73. The van der Waals surface area contributed by atoms with Crippen molar-refractivity contribution in [1.82, 2.24) is 0 Å². The normalized spacial score (nSPS) is 17.3. The number of hydrogen-bond acceptors (Lipinski definition) is 18. The summed E-state index contributed by atoms with van der Waals surface area (Å²) in [7, 11) is 21.0. The number of fused-ring (bicyclic) bond motifs is 2. The van der Waals surface area contributed by atoms with Gasteiger partial charge in [-0.05, 0) is 70.8 Å². The van der Waals surface area contributed by atoms with E-state index < -0.39 is 45.8 Å². The summed E-state index contributed by atoms with van der Waals surface area (Å²) in [4.78, 5) is 51.0. The van der Waals surface area contributed by atoms with Crippen molar-refractivity contribution in [2.75, 3.05) is 98.3 Å². The van der Waals surface area contributed by atoms with Crippen LogP contribution in [0, 0.1) is 0 Å². The number of Topliss-reactive ketones (excluding diaryl/α,β-unsaturated/α-hetero) is 2. The molecule has 438 valence electrons. The molecule has 0 saturated carbocycles. The molecular weight excluding hydrogens is 1060 g/mol. The highest BCUT2D eigenvalue weighted by Crippen LogP contribution is 2.42. The number of methoxy groups -OCH3 is 10. The summed E-state index contributed by atoms with van der Waals surface area (Å²) in [6, 6.07) is 29.6. The lowest BCUT2D eigenvalue weighted by Crippen LogP contribution is -3.10. The standard InChI is InChI=1S/2C22H29NO5.C18H14O8/c2*1-23-8-7-15-12-18(24-2)19(25-3)13-16(15)17(23)9-14-10-20(26-4)22(28-6)21(11-14)27-5;19-13(11-7-3-1-4-8-11)17(25,15(21)22)18(26,16(23)24)14(20)12-9-5-2-6-10-12/h2*10-13,17H,7-9H2,1-6H3;1-10,25-26H,(H,21,22)(H,23,24). The molecule has 8 rings (SSSR count). The second-order valence-corrected chi connectivity index (χ2v) is 19.5. The van der Waals surface area contributed by atoms with Crippen molar-refractivity contribution < 1.29 is 96.8 Å². The van der Waals surface area contributed by atoms with Gasteiger partial charge in [0.25, 0.3) is 0 Å². The van der Waals surface area contributed by atoms with Gasteiger partial charge in [0.2, 0.25) is 34.3 Å². The number of hydrogen-bond donors (Lipinski definition) is 4. The molecule has 6 aromatic carbocycles. The molecule has 0 saturated heterocycles. The second-order valence-electron chi connectivity index (χ2n) is 19.5. The van der Waals surface area contributed by atoms with E-state index in [0.717, 1.165) is 97.2 Å². The van der Waals surface area contributed by atoms with Crippen molar-refractivity contribution in [1.29, 1.82) is 0 Å². The maximum Gasteiger partial charge on any atom is 0.209 e. The third-order valence-corrected chi connectivity index (χ3v) is 15.0. The fourth-order valence-electron chi connectivity index (χ4n) is 10.5. The van der Waals surface area contributed by atoms with Crippen LogP contribution < -0.4 is 67.4 Å². The van der Waals surface area contributed by atoms with E-state index in [1.807, 2.05) is 24.3 Å². The van der Waals surface area contributed by atoms with E-state index in [0.29, 0.717) is 46.6 Å². The summed E-state index contributed by atoms with van der Waals surface area (Å²) < 4.78 is 55.1. The number of carboxylic acid groups (broad SMARTS) is 2. The number of nitrogens with one attached hydrogen (secondary N) is 2. The number of aliphatic hydroxyl groups is 2. The van der Waals surface area contributed by atoms with Gasteiger partial charge in [-0.25, -0.2) is 0 Å². The van der Waals surface area contributed by atoms with Crippen molar-refractivity contribution in [3.63, 3.8) is 0 Å². The smallest absolute Gasteiger partial charge is 0.209 e. The molecule has 2 heterocycles. The van der Waals surface area contributed by atoms with Crippen molar-refractivity contribution in [3.05, 3.63) is 154 Å². The van der Waals surface area contributed by atoms with Crippen molar-refractivity contribution >= 4 is 23.5 Å². The van der Waals surface area contributed by atoms with E-state index in [1.165, 1.54) is 68.5 Å². The van der Waals surface area contributed by atoms with Gasteiger partial charge in [0.05, 0.1) is 110 Å². The van der Waals surface area contributed by atoms with E-state index in [4.69, 9.17) is 47.4 Å². The van der Waals surface area contributed by atoms with Gasteiger partial charge in [0.15, 0.2) is 46.0 Å². The number of carbonyl (C=O) groups is 4. The van der Waals surface area contributed by atoms with Gasteiger partial charge < -0.3 is 87.2 Å². The van der Waals surface area contributed by atoms with Crippen LogP contribution in [0.25, 0.3) is 0 Å². The Bertz CT molecular complexity index is 2950. The molecule has 2 aliphatic heterocycles. The monoisotopic (exact) mass is 1130 g/mol. The highest BCUT2D eigenvalue weighted by atomic mass is 16.5. The van der Waals surface area contributed by atoms with Gasteiger partial charge in [-0.2, -0.15) is 0 Å². The first-order chi connectivity index (χ1) is 39.3. The van der Waals surface area contributed by atoms with Gasteiger partial charge in [0, 0.05) is 47.9 Å². The molecule has 6 aromatic rings. The minimum Gasteiger partial charge on any atom is -0.546 e. The lowest BCUT2D eigenvalue weighted by molar-refractivity contribution is -0.914. The number of benzene rings is 6. The Morgan fingerprint density at radius 1 is 0.439 bits per heavy atom. The Labute approximate surface area is 477 Å². The van der Waals surface area contributed by atoms with Crippen LogP contribution in [0.15, 0.2) is 109 Å². The van der Waals surface area contributed by atoms with Crippen LogP contribution >= 0.6 is 0 Å². The Kier molecular flexibility index (Phi) is 21.2. The molecule has 0 amide bonds. The lowest BCUT2D eigenvalue weighted by Gasteiger charge is -2.42. The van der Waals surface area contributed by atoms with Crippen molar-refractivity contribution in [3.8, 4) is 57.5 Å². The first-order valence-electron chi connectivity index (χ1n) is 26.1. The SMILES string of the molecule is COc1cc2c(cc1OC)C(Cc1cc(OC)c(OC)c(OC)c1)[NH+](C)CC2.COc1cc2c(cc1OC)C(Cc1cc(OC)c(OC)c(OC)c1)[NH+](C)CC2.O=C([O-])C(O)(C(=O)c1ccccc1)C(O)(C(=O)[O-])C(=O)c1ccccc1. The van der Waals surface area contributed by atoms with Crippen LogP contribution in [0.4, 0.5) is 0 Å². The number of ether oxygens (including phenoxy) is 10. The first kappa shape index (κ1) is 62.6. The number of aliphatic carboxylic acids is 2. The second kappa shape index (κ2) is 27.7. The fraction of sp³-hybridized carbons (Fsp3) is 0.355. The zero-order valence-corrected chi connectivity index (χ0v) is 48.2. The average Bonchev–Trinajstić information content (AvgIpc) is 3.70. The molecule has 20 nitrogen and oxygen atoms in total. The average molecular weight is 1130 g/mol. The summed E-state index contributed by atoms with van der Waals surface area (Å²) in [6.07, 6.45) is 3.75. The molecule has 0 fully saturated rings. The van der Waals surface area contributed by atoms with Crippen LogP contribution in [-0.2, 0) is 35.3 Å². The third-order valence-electron chi connectivity index (χ3n) is 15.0. The quantitative estimate of drug-likeness (QED) is 0.0593. The Morgan fingerprint density at radius 3 is 0.976 bits per heavy atom. The highest BCUT2D eigenvalue weighted by Gasteiger charge is 2.62. The Hall–Kier alpha value is -8.56. The maximum atomic E-state index is 12.5. The molecule has 20 heteroatoms. The zero-order valence-electron chi connectivity index (χ0n) is 48.2. The molecule has 4 N–H and O–H groups in total. The Balaban J connectivity index is 0.000000198. The van der Waals surface area contributed by atoms with Crippen LogP contribution in [0.3, 0.4) is 0 Å². The van der Waals surface area contributed by atoms with Crippen molar-refractivity contribution in [2.45, 2.75) is 49.0 Å². The van der Waals surface area contributed by atoms with Gasteiger partial charge in [-0.3, -0.25) is 9.59 Å². The predicted molar refractivity (Wildman–Crippen MR) is 297 cm³/mol. The van der Waals surface area contributed by atoms with Gasteiger partial charge in [-0.15, -0.1) is 0 Å². The molecule has 2 aliphatic rings. The minimum atomic E-state index is -4.12. The van der Waals surface area contributed by atoms with Crippen molar-refractivity contribution in [2.24, 2.45) is 0 Å². The summed E-state index contributed by atoms with van der Waals surface area (Å²) in [5.41, 5.74) is -1.64.